The van der Waals surface area contributed by atoms with Crippen LogP contribution in [0.1, 0.15) is 44.3 Å². The van der Waals surface area contributed by atoms with E-state index in [0.29, 0.717) is 0 Å². The summed E-state index contributed by atoms with van der Waals surface area (Å²) in [6.45, 7) is 0. The second kappa shape index (κ2) is 3.19. The molecule has 4 aliphatic rings. The number of rotatable bonds is 1. The number of hydrogen-bond acceptors (Lipinski definition) is 3. The number of hydrogen-bond donors (Lipinski definition) is 1. The molecule has 4 aliphatic carbocycles. The highest BCUT2D eigenvalue weighted by atomic mass is 16.2. The minimum Gasteiger partial charge on any atom is -0.333 e. The van der Waals surface area contributed by atoms with Crippen molar-refractivity contribution in [2.24, 2.45) is 24.8 Å². The van der Waals surface area contributed by atoms with Gasteiger partial charge in [0.05, 0.1) is 0 Å². The lowest BCUT2D eigenvalue weighted by atomic mass is 9.49. The van der Waals surface area contributed by atoms with Gasteiger partial charge in [-0.25, -0.2) is 9.48 Å². The molecule has 0 amide bonds. The Morgan fingerprint density at radius 1 is 1.17 bits per heavy atom. The summed E-state index contributed by atoms with van der Waals surface area (Å²) in [5.41, 5.74) is -0.0926. The average molecular weight is 248 g/mol. The smallest absolute Gasteiger partial charge is 0.333 e. The first-order valence-electron chi connectivity index (χ1n) is 6.99. The minimum atomic E-state index is -0.194. The standard InChI is InChI=1S/C13H20N4O/c1-16-12(18)17(14)11(15-16)13-5-8-2-9(6-13)4-10(3-8)7-13/h8-10H,2-7,14H2,1H3. The van der Waals surface area contributed by atoms with Gasteiger partial charge >= 0.3 is 5.69 Å². The Hall–Kier alpha value is -1.26. The van der Waals surface area contributed by atoms with Gasteiger partial charge < -0.3 is 5.84 Å². The quantitative estimate of drug-likeness (QED) is 0.746. The van der Waals surface area contributed by atoms with Crippen LogP contribution in [-0.4, -0.2) is 14.5 Å². The fourth-order valence-corrected chi connectivity index (χ4v) is 5.23. The number of aryl methyl sites for hydroxylation is 1. The lowest BCUT2D eigenvalue weighted by Crippen LogP contribution is -2.50. The van der Waals surface area contributed by atoms with Gasteiger partial charge in [-0.1, -0.05) is 0 Å². The molecule has 0 saturated heterocycles. The predicted molar refractivity (Wildman–Crippen MR) is 67.5 cm³/mol. The molecule has 5 nitrogen and oxygen atoms in total. The van der Waals surface area contributed by atoms with Gasteiger partial charge in [-0.05, 0) is 56.3 Å². The second-order valence-corrected chi connectivity index (χ2v) is 6.80. The highest BCUT2D eigenvalue weighted by Gasteiger charge is 2.54. The second-order valence-electron chi connectivity index (χ2n) is 6.80. The van der Waals surface area contributed by atoms with Crippen molar-refractivity contribution >= 4 is 0 Å². The van der Waals surface area contributed by atoms with Crippen molar-refractivity contribution in [2.75, 3.05) is 5.84 Å². The summed E-state index contributed by atoms with van der Waals surface area (Å²) in [7, 11) is 1.69. The van der Waals surface area contributed by atoms with Gasteiger partial charge in [0.15, 0.2) is 5.82 Å². The summed E-state index contributed by atoms with van der Waals surface area (Å²) in [6, 6.07) is 0. The van der Waals surface area contributed by atoms with Crippen LogP contribution in [0.3, 0.4) is 0 Å². The van der Waals surface area contributed by atoms with E-state index in [1.807, 2.05) is 0 Å². The molecular formula is C13H20N4O. The fraction of sp³-hybridized carbons (Fsp3) is 0.846. The molecule has 1 aromatic heterocycles. The zero-order valence-corrected chi connectivity index (χ0v) is 10.8. The molecule has 4 bridgehead atoms. The average Bonchev–Trinajstić information content (AvgIpc) is 2.56. The minimum absolute atomic E-state index is 0.101. The Morgan fingerprint density at radius 2 is 1.67 bits per heavy atom. The number of nitrogens with zero attached hydrogens (tertiary/aromatic N) is 3. The Morgan fingerprint density at radius 3 is 2.06 bits per heavy atom. The van der Waals surface area contributed by atoms with E-state index in [0.717, 1.165) is 23.6 Å². The van der Waals surface area contributed by atoms with Crippen LogP contribution in [0.15, 0.2) is 4.79 Å². The van der Waals surface area contributed by atoms with Crippen LogP contribution < -0.4 is 11.5 Å². The molecule has 1 heterocycles. The van der Waals surface area contributed by atoms with Crippen molar-refractivity contribution < 1.29 is 0 Å². The SMILES string of the molecule is Cn1nc(C23CC4CC(CC(C4)C2)C3)n(N)c1=O. The third kappa shape index (κ3) is 1.22. The van der Waals surface area contributed by atoms with Gasteiger partial charge in [0.2, 0.25) is 0 Å². The third-order valence-electron chi connectivity index (χ3n) is 5.47. The summed E-state index contributed by atoms with van der Waals surface area (Å²) in [5, 5.41) is 4.44. The van der Waals surface area contributed by atoms with E-state index in [-0.39, 0.29) is 11.1 Å². The molecule has 1 aromatic rings. The molecule has 0 radical (unpaired) electrons. The summed E-state index contributed by atoms with van der Waals surface area (Å²) in [6.07, 6.45) is 7.73. The van der Waals surface area contributed by atoms with E-state index in [4.69, 9.17) is 5.84 Å². The van der Waals surface area contributed by atoms with E-state index in [9.17, 15) is 4.79 Å². The van der Waals surface area contributed by atoms with E-state index in [1.54, 1.807) is 7.05 Å². The largest absolute Gasteiger partial charge is 0.364 e. The Kier molecular flexibility index (Phi) is 1.89. The maximum atomic E-state index is 11.8. The lowest BCUT2D eigenvalue weighted by Gasteiger charge is -2.55. The van der Waals surface area contributed by atoms with Crippen LogP contribution in [-0.2, 0) is 12.5 Å². The van der Waals surface area contributed by atoms with Gasteiger partial charge in [0, 0.05) is 12.5 Å². The van der Waals surface area contributed by atoms with Gasteiger partial charge in [-0.2, -0.15) is 9.77 Å². The zero-order chi connectivity index (χ0) is 12.5. The fourth-order valence-electron chi connectivity index (χ4n) is 5.23. The molecule has 4 fully saturated rings. The summed E-state index contributed by atoms with van der Waals surface area (Å²) >= 11 is 0. The molecular weight excluding hydrogens is 228 g/mol. The van der Waals surface area contributed by atoms with Crippen molar-refractivity contribution in [3.8, 4) is 0 Å². The van der Waals surface area contributed by atoms with Gasteiger partial charge in [-0.3, -0.25) is 0 Å². The molecule has 0 aromatic carbocycles. The third-order valence-corrected chi connectivity index (χ3v) is 5.47. The lowest BCUT2D eigenvalue weighted by molar-refractivity contribution is -0.0107. The molecule has 98 valence electrons. The van der Waals surface area contributed by atoms with E-state index < -0.39 is 0 Å². The van der Waals surface area contributed by atoms with E-state index >= 15 is 0 Å². The topological polar surface area (TPSA) is 65.8 Å². The van der Waals surface area contributed by atoms with Crippen LogP contribution in [0.5, 0.6) is 0 Å². The van der Waals surface area contributed by atoms with E-state index in [2.05, 4.69) is 5.10 Å². The highest BCUT2D eigenvalue weighted by Crippen LogP contribution is 2.60. The van der Waals surface area contributed by atoms with Crippen molar-refractivity contribution in [1.82, 2.24) is 14.5 Å². The Labute approximate surface area is 106 Å². The van der Waals surface area contributed by atoms with Crippen LogP contribution >= 0.6 is 0 Å². The molecule has 0 aliphatic heterocycles. The highest BCUT2D eigenvalue weighted by molar-refractivity contribution is 5.17. The molecule has 0 atom stereocenters. The monoisotopic (exact) mass is 248 g/mol. The molecule has 5 rings (SSSR count). The number of nitrogens with two attached hydrogens (primary N) is 1. The van der Waals surface area contributed by atoms with Crippen molar-refractivity contribution in [2.45, 2.75) is 43.9 Å². The summed E-state index contributed by atoms with van der Waals surface area (Å²) in [5.74, 6) is 9.31. The van der Waals surface area contributed by atoms with Gasteiger partial charge in [0.1, 0.15) is 0 Å². The summed E-state index contributed by atoms with van der Waals surface area (Å²) in [4.78, 5) is 11.8. The molecule has 4 saturated carbocycles. The first kappa shape index (κ1) is 10.6. The molecule has 0 spiro atoms. The first-order valence-corrected chi connectivity index (χ1v) is 6.99. The van der Waals surface area contributed by atoms with Crippen molar-refractivity contribution in [3.05, 3.63) is 16.3 Å². The zero-order valence-electron chi connectivity index (χ0n) is 10.8. The summed E-state index contributed by atoms with van der Waals surface area (Å²) < 4.78 is 2.68. The molecule has 18 heavy (non-hydrogen) atoms. The number of nitrogen functional groups attached to an aromatic ring is 1. The van der Waals surface area contributed by atoms with Crippen LogP contribution in [0.25, 0.3) is 0 Å². The van der Waals surface area contributed by atoms with Crippen LogP contribution in [0.4, 0.5) is 0 Å². The van der Waals surface area contributed by atoms with Gasteiger partial charge in [0.25, 0.3) is 0 Å². The molecule has 5 heteroatoms. The van der Waals surface area contributed by atoms with Gasteiger partial charge in [-0.15, -0.1) is 0 Å². The molecule has 2 N–H and O–H groups in total. The van der Waals surface area contributed by atoms with Crippen LogP contribution in [0, 0.1) is 17.8 Å². The normalized spacial score (nSPS) is 41.5. The Balaban J connectivity index is 1.84. The maximum absolute atomic E-state index is 11.8. The van der Waals surface area contributed by atoms with E-state index in [1.165, 1.54) is 47.9 Å². The first-order chi connectivity index (χ1) is 8.57. The van der Waals surface area contributed by atoms with Crippen molar-refractivity contribution in [3.63, 3.8) is 0 Å². The molecule has 0 unspecified atom stereocenters. The number of aromatic nitrogens is 3. The maximum Gasteiger partial charge on any atom is 0.364 e. The Bertz CT molecular complexity index is 521. The predicted octanol–water partition coefficient (Wildman–Crippen LogP) is 0.763. The van der Waals surface area contributed by atoms with Crippen molar-refractivity contribution in [1.29, 1.82) is 0 Å². The van der Waals surface area contributed by atoms with Crippen LogP contribution in [0.2, 0.25) is 0 Å².